The number of hydrogen-bond donors (Lipinski definition) is 2. The van der Waals surface area contributed by atoms with Gasteiger partial charge < -0.3 is 10.2 Å². The molecule has 8 heteroatoms. The summed E-state index contributed by atoms with van der Waals surface area (Å²) in [6, 6.07) is 13.4. The zero-order chi connectivity index (χ0) is 18.1. The summed E-state index contributed by atoms with van der Waals surface area (Å²) in [6.07, 6.45) is 2.68. The van der Waals surface area contributed by atoms with Gasteiger partial charge >= 0.3 is 0 Å². The van der Waals surface area contributed by atoms with Crippen LogP contribution in [0.1, 0.15) is 5.56 Å². The van der Waals surface area contributed by atoms with Crippen molar-refractivity contribution in [3.8, 4) is 10.6 Å². The molecule has 0 amide bonds. The number of benzene rings is 2. The Morgan fingerprint density at radius 3 is 2.96 bits per heavy atom. The summed E-state index contributed by atoms with van der Waals surface area (Å²) in [6.45, 7) is 0. The second kappa shape index (κ2) is 6.66. The van der Waals surface area contributed by atoms with Crippen molar-refractivity contribution in [2.45, 2.75) is 0 Å². The average Bonchev–Trinajstić information content (AvgIpc) is 3.07. The molecule has 2 aromatic carbocycles. The van der Waals surface area contributed by atoms with Gasteiger partial charge in [-0.3, -0.25) is 10.2 Å². The molecule has 0 radical (unpaired) electrons. The number of hydrogen-bond acceptors (Lipinski definition) is 6. The van der Waals surface area contributed by atoms with Crippen LogP contribution in [0.25, 0.3) is 31.8 Å². The first-order chi connectivity index (χ1) is 12.6. The van der Waals surface area contributed by atoms with Crippen LogP contribution >= 0.6 is 23.6 Å². The molecule has 3 N–H and O–H groups in total. The summed E-state index contributed by atoms with van der Waals surface area (Å²) < 4.78 is 6.63. The molecule has 0 unspecified atom stereocenters. The van der Waals surface area contributed by atoms with E-state index in [0.29, 0.717) is 16.5 Å². The monoisotopic (exact) mass is 380 g/mol. The third-order valence-electron chi connectivity index (χ3n) is 3.72. The fourth-order valence-electron chi connectivity index (χ4n) is 2.53. The number of para-hydroxylation sites is 1. The highest BCUT2D eigenvalue weighted by Gasteiger charge is 2.10. The van der Waals surface area contributed by atoms with Crippen LogP contribution in [0.15, 0.2) is 63.0 Å². The van der Waals surface area contributed by atoms with Crippen LogP contribution in [0.3, 0.4) is 0 Å². The van der Waals surface area contributed by atoms with Crippen molar-refractivity contribution in [3.63, 3.8) is 0 Å². The first-order valence-corrected chi connectivity index (χ1v) is 8.84. The van der Waals surface area contributed by atoms with Crippen LogP contribution in [0.2, 0.25) is 0 Å². The van der Waals surface area contributed by atoms with Crippen molar-refractivity contribution < 1.29 is 4.42 Å². The fraction of sp³-hybridized carbons (Fsp3) is 0. The molecule has 4 aromatic rings. The van der Waals surface area contributed by atoms with Gasteiger partial charge in [-0.25, -0.2) is 4.98 Å². The Hall–Kier alpha value is -3.10. The summed E-state index contributed by atoms with van der Waals surface area (Å²) in [7, 11) is 0. The standard InChI is InChI=1S/C18H12N4O2S2/c19-18(25)22-20-8-11-9-24-14-6-5-10(7-12(14)16(11)23)17-21-13-3-1-2-4-15(13)26-17/h1-9H,(H3,19,22,25). The largest absolute Gasteiger partial charge is 0.463 e. The maximum absolute atomic E-state index is 12.7. The lowest BCUT2D eigenvalue weighted by Gasteiger charge is -2.01. The molecular weight excluding hydrogens is 368 g/mol. The summed E-state index contributed by atoms with van der Waals surface area (Å²) in [5.74, 6) is 0. The number of rotatable bonds is 3. The topological polar surface area (TPSA) is 93.5 Å². The van der Waals surface area contributed by atoms with E-state index in [4.69, 9.17) is 10.2 Å². The number of thiocarbonyl (C=S) groups is 1. The third kappa shape index (κ3) is 3.07. The highest BCUT2D eigenvalue weighted by atomic mass is 32.1. The number of fused-ring (bicyclic) bond motifs is 2. The van der Waals surface area contributed by atoms with Crippen molar-refractivity contribution in [3.05, 3.63) is 64.5 Å². The minimum Gasteiger partial charge on any atom is -0.463 e. The van der Waals surface area contributed by atoms with Crippen LogP contribution in [0.4, 0.5) is 0 Å². The Balaban J connectivity index is 1.80. The van der Waals surface area contributed by atoms with Gasteiger partial charge in [0, 0.05) is 5.56 Å². The first kappa shape index (κ1) is 16.4. The van der Waals surface area contributed by atoms with E-state index in [1.807, 2.05) is 30.3 Å². The van der Waals surface area contributed by atoms with Gasteiger partial charge in [0.2, 0.25) is 5.43 Å². The lowest BCUT2D eigenvalue weighted by Crippen LogP contribution is -2.24. The molecule has 0 aliphatic carbocycles. The summed E-state index contributed by atoms with van der Waals surface area (Å²) in [4.78, 5) is 17.3. The van der Waals surface area contributed by atoms with Crippen molar-refractivity contribution in [1.82, 2.24) is 10.4 Å². The van der Waals surface area contributed by atoms with E-state index in [1.54, 1.807) is 23.5 Å². The predicted octanol–water partition coefficient (Wildman–Crippen LogP) is 3.24. The minimum absolute atomic E-state index is 0.0181. The van der Waals surface area contributed by atoms with Gasteiger partial charge in [0.1, 0.15) is 16.9 Å². The molecule has 0 aliphatic rings. The van der Waals surface area contributed by atoms with Crippen molar-refractivity contribution in [2.75, 3.05) is 0 Å². The zero-order valence-electron chi connectivity index (χ0n) is 13.3. The lowest BCUT2D eigenvalue weighted by atomic mass is 10.1. The quantitative estimate of drug-likeness (QED) is 0.322. The molecular formula is C18H12N4O2S2. The van der Waals surface area contributed by atoms with Gasteiger partial charge in [-0.15, -0.1) is 11.3 Å². The fourth-order valence-corrected chi connectivity index (χ4v) is 3.54. The molecule has 0 fully saturated rings. The molecule has 0 bridgehead atoms. The molecule has 0 saturated heterocycles. The van der Waals surface area contributed by atoms with Gasteiger partial charge in [0.25, 0.3) is 0 Å². The van der Waals surface area contributed by atoms with E-state index in [1.165, 1.54) is 12.5 Å². The van der Waals surface area contributed by atoms with Crippen LogP contribution < -0.4 is 16.6 Å². The van der Waals surface area contributed by atoms with Crippen molar-refractivity contribution in [1.29, 1.82) is 0 Å². The Bertz CT molecular complexity index is 1190. The smallest absolute Gasteiger partial charge is 0.201 e. The number of aromatic nitrogens is 1. The number of nitrogens with one attached hydrogen (secondary N) is 1. The minimum atomic E-state index is -0.192. The average molecular weight is 380 g/mol. The highest BCUT2D eigenvalue weighted by Crippen LogP contribution is 2.31. The number of thiazole rings is 1. The van der Waals surface area contributed by atoms with Crippen LogP contribution in [-0.2, 0) is 0 Å². The molecule has 2 aromatic heterocycles. The Morgan fingerprint density at radius 1 is 1.31 bits per heavy atom. The van der Waals surface area contributed by atoms with Gasteiger partial charge in [0.15, 0.2) is 5.11 Å². The molecule has 26 heavy (non-hydrogen) atoms. The van der Waals surface area contributed by atoms with Crippen LogP contribution in [0.5, 0.6) is 0 Å². The third-order valence-corrected chi connectivity index (χ3v) is 4.90. The second-order valence-corrected chi connectivity index (χ2v) is 6.92. The van der Waals surface area contributed by atoms with E-state index in [9.17, 15) is 4.79 Å². The predicted molar refractivity (Wildman–Crippen MR) is 109 cm³/mol. The molecule has 0 saturated carbocycles. The summed E-state index contributed by atoms with van der Waals surface area (Å²) in [5.41, 5.74) is 10.1. The maximum Gasteiger partial charge on any atom is 0.201 e. The molecule has 0 aliphatic heterocycles. The summed E-state index contributed by atoms with van der Waals surface area (Å²) in [5, 5.41) is 5.13. The van der Waals surface area contributed by atoms with E-state index < -0.39 is 0 Å². The number of nitrogens with two attached hydrogens (primary N) is 1. The van der Waals surface area contributed by atoms with Crippen LogP contribution in [0, 0.1) is 0 Å². The molecule has 0 spiro atoms. The highest BCUT2D eigenvalue weighted by molar-refractivity contribution is 7.80. The van der Waals surface area contributed by atoms with Gasteiger partial charge in [-0.05, 0) is 42.5 Å². The SMILES string of the molecule is NC(=S)NN=Cc1coc2ccc(-c3nc4ccccc4s3)cc2c1=O. The second-order valence-electron chi connectivity index (χ2n) is 5.45. The molecule has 4 rings (SSSR count). The van der Waals surface area contributed by atoms with Gasteiger partial charge in [0.05, 0.1) is 27.4 Å². The van der Waals surface area contributed by atoms with E-state index >= 15 is 0 Å². The zero-order valence-corrected chi connectivity index (χ0v) is 14.9. The Morgan fingerprint density at radius 2 is 2.15 bits per heavy atom. The summed E-state index contributed by atoms with van der Waals surface area (Å²) >= 11 is 6.24. The number of hydrazone groups is 1. The lowest BCUT2D eigenvalue weighted by molar-refractivity contribution is 0.601. The normalized spacial score (nSPS) is 11.4. The first-order valence-electron chi connectivity index (χ1n) is 7.62. The van der Waals surface area contributed by atoms with E-state index in [0.717, 1.165) is 20.8 Å². The van der Waals surface area contributed by atoms with Crippen molar-refractivity contribution >= 4 is 56.1 Å². The van der Waals surface area contributed by atoms with Crippen LogP contribution in [-0.4, -0.2) is 16.3 Å². The molecule has 128 valence electrons. The molecule has 6 nitrogen and oxygen atoms in total. The number of nitrogens with zero attached hydrogens (tertiary/aromatic N) is 2. The van der Waals surface area contributed by atoms with Gasteiger partial charge in [-0.1, -0.05) is 12.1 Å². The Labute approximate surface area is 157 Å². The van der Waals surface area contributed by atoms with E-state index in [2.05, 4.69) is 27.7 Å². The van der Waals surface area contributed by atoms with Crippen molar-refractivity contribution in [2.24, 2.45) is 10.8 Å². The molecule has 0 atom stereocenters. The maximum atomic E-state index is 12.7. The Kier molecular flexibility index (Phi) is 4.19. The van der Waals surface area contributed by atoms with Gasteiger partial charge in [-0.2, -0.15) is 5.10 Å². The molecule has 2 heterocycles. The van der Waals surface area contributed by atoms with E-state index in [-0.39, 0.29) is 10.5 Å².